The molecule has 0 aromatic heterocycles. The first-order chi connectivity index (χ1) is 5.95. The normalized spacial score (nSPS) is 12.3. The molecule has 0 bridgehead atoms. The van der Waals surface area contributed by atoms with Gasteiger partial charge in [0.15, 0.2) is 0 Å². The van der Waals surface area contributed by atoms with Gasteiger partial charge < -0.3 is 0 Å². The van der Waals surface area contributed by atoms with E-state index in [0.29, 0.717) is 0 Å². The van der Waals surface area contributed by atoms with Crippen molar-refractivity contribution < 1.29 is 0 Å². The van der Waals surface area contributed by atoms with E-state index in [2.05, 4.69) is 38.1 Å². The predicted molar refractivity (Wildman–Crippen MR) is 65.6 cm³/mol. The highest BCUT2D eigenvalue weighted by Gasteiger charge is 2.13. The highest BCUT2D eigenvalue weighted by molar-refractivity contribution is 6.76. The van der Waals surface area contributed by atoms with Crippen molar-refractivity contribution in [3.05, 3.63) is 12.2 Å². The molecule has 0 aromatic rings. The standard InChI is InChI=1S/C11H23NSi/c1-6-7-8-12-9-11(2)10-13(3,4)5/h8H,2,6-7,9-10H2,1,3-5H3. The molecule has 0 spiro atoms. The van der Waals surface area contributed by atoms with Crippen LogP contribution in [0.3, 0.4) is 0 Å². The molecule has 0 rings (SSSR count). The molecular weight excluding hydrogens is 174 g/mol. The maximum Gasteiger partial charge on any atom is 0.0590 e. The molecule has 0 fully saturated rings. The van der Waals surface area contributed by atoms with Gasteiger partial charge in [0.2, 0.25) is 0 Å². The molecule has 0 aliphatic carbocycles. The predicted octanol–water partition coefficient (Wildman–Crippen LogP) is 3.75. The van der Waals surface area contributed by atoms with Gasteiger partial charge in [-0.25, -0.2) is 0 Å². The second-order valence-electron chi connectivity index (χ2n) is 4.80. The first-order valence-electron chi connectivity index (χ1n) is 5.10. The van der Waals surface area contributed by atoms with Crippen molar-refractivity contribution in [3.8, 4) is 0 Å². The van der Waals surface area contributed by atoms with E-state index < -0.39 is 8.07 Å². The zero-order chi connectivity index (χ0) is 10.3. The summed E-state index contributed by atoms with van der Waals surface area (Å²) in [6, 6.07) is 1.20. The Hall–Kier alpha value is -0.373. The van der Waals surface area contributed by atoms with Gasteiger partial charge in [-0.05, 0) is 18.7 Å². The van der Waals surface area contributed by atoms with Crippen molar-refractivity contribution in [2.24, 2.45) is 4.99 Å². The fourth-order valence-electron chi connectivity index (χ4n) is 1.22. The first kappa shape index (κ1) is 12.6. The van der Waals surface area contributed by atoms with Crippen LogP contribution in [0.2, 0.25) is 25.7 Å². The number of rotatable bonds is 6. The molecule has 0 aliphatic rings. The summed E-state index contributed by atoms with van der Waals surface area (Å²) in [7, 11) is -0.962. The van der Waals surface area contributed by atoms with Crippen LogP contribution < -0.4 is 0 Å². The lowest BCUT2D eigenvalue weighted by Crippen LogP contribution is -2.20. The number of hydrogen-bond acceptors (Lipinski definition) is 1. The van der Waals surface area contributed by atoms with Crippen LogP contribution in [0.4, 0.5) is 0 Å². The van der Waals surface area contributed by atoms with E-state index in [1.54, 1.807) is 0 Å². The van der Waals surface area contributed by atoms with Crippen molar-refractivity contribution >= 4 is 14.3 Å². The summed E-state index contributed by atoms with van der Waals surface area (Å²) >= 11 is 0. The van der Waals surface area contributed by atoms with E-state index >= 15 is 0 Å². The molecule has 0 atom stereocenters. The lowest BCUT2D eigenvalue weighted by molar-refractivity contribution is 0.996. The van der Waals surface area contributed by atoms with E-state index in [4.69, 9.17) is 0 Å². The summed E-state index contributed by atoms with van der Waals surface area (Å²) in [6.07, 6.45) is 4.31. The fourth-order valence-corrected chi connectivity index (χ4v) is 2.83. The van der Waals surface area contributed by atoms with Gasteiger partial charge in [-0.1, -0.05) is 45.1 Å². The Morgan fingerprint density at radius 2 is 2.00 bits per heavy atom. The quantitative estimate of drug-likeness (QED) is 0.349. The number of hydrogen-bond donors (Lipinski definition) is 0. The average Bonchev–Trinajstić information content (AvgIpc) is 1.94. The van der Waals surface area contributed by atoms with Gasteiger partial charge in [0.25, 0.3) is 0 Å². The van der Waals surface area contributed by atoms with Gasteiger partial charge in [-0.2, -0.15) is 0 Å². The minimum absolute atomic E-state index is 0.838. The Labute approximate surface area is 84.0 Å². The summed E-state index contributed by atoms with van der Waals surface area (Å²) in [5, 5.41) is 0. The topological polar surface area (TPSA) is 12.4 Å². The van der Waals surface area contributed by atoms with Crippen LogP contribution in [0.15, 0.2) is 17.1 Å². The molecule has 0 aromatic carbocycles. The van der Waals surface area contributed by atoms with Gasteiger partial charge in [0, 0.05) is 8.07 Å². The summed E-state index contributed by atoms with van der Waals surface area (Å²) in [5.74, 6) is 0. The molecule has 0 amide bonds. The van der Waals surface area contributed by atoms with Crippen LogP contribution in [0.25, 0.3) is 0 Å². The highest BCUT2D eigenvalue weighted by Crippen LogP contribution is 2.14. The third kappa shape index (κ3) is 9.54. The lowest BCUT2D eigenvalue weighted by atomic mass is 10.3. The Morgan fingerprint density at radius 3 is 2.46 bits per heavy atom. The summed E-state index contributed by atoms with van der Waals surface area (Å²) in [6.45, 7) is 14.2. The lowest BCUT2D eigenvalue weighted by Gasteiger charge is -2.16. The fraction of sp³-hybridized carbons (Fsp3) is 0.727. The van der Waals surface area contributed by atoms with Crippen LogP contribution in [0.1, 0.15) is 19.8 Å². The largest absolute Gasteiger partial charge is 0.293 e. The van der Waals surface area contributed by atoms with Crippen LogP contribution in [-0.2, 0) is 0 Å². The zero-order valence-corrected chi connectivity index (χ0v) is 10.6. The molecule has 1 nitrogen and oxygen atoms in total. The molecule has 13 heavy (non-hydrogen) atoms. The maximum atomic E-state index is 4.34. The van der Waals surface area contributed by atoms with Crippen molar-refractivity contribution in [2.45, 2.75) is 45.5 Å². The second-order valence-corrected chi connectivity index (χ2v) is 10.3. The van der Waals surface area contributed by atoms with Crippen LogP contribution >= 0.6 is 0 Å². The third-order valence-corrected chi connectivity index (χ3v) is 3.20. The van der Waals surface area contributed by atoms with Crippen molar-refractivity contribution in [1.82, 2.24) is 0 Å². The molecule has 0 saturated carbocycles. The van der Waals surface area contributed by atoms with Crippen molar-refractivity contribution in [1.29, 1.82) is 0 Å². The zero-order valence-electron chi connectivity index (χ0n) is 9.56. The monoisotopic (exact) mass is 197 g/mol. The summed E-state index contributed by atoms with van der Waals surface area (Å²) < 4.78 is 0. The molecule has 0 unspecified atom stereocenters. The number of nitrogens with zero attached hydrogens (tertiary/aromatic N) is 1. The Kier molecular flexibility index (Phi) is 5.96. The first-order valence-corrected chi connectivity index (χ1v) is 8.81. The van der Waals surface area contributed by atoms with E-state index in [9.17, 15) is 0 Å². The maximum absolute atomic E-state index is 4.34. The SMILES string of the molecule is C=C(CN=CCCC)C[Si](C)(C)C. The molecule has 0 heterocycles. The Balaban J connectivity index is 3.64. The second kappa shape index (κ2) is 6.14. The average molecular weight is 197 g/mol. The molecule has 0 N–H and O–H groups in total. The van der Waals surface area contributed by atoms with E-state index in [-0.39, 0.29) is 0 Å². The third-order valence-electron chi connectivity index (χ3n) is 1.64. The van der Waals surface area contributed by atoms with Gasteiger partial charge in [0.1, 0.15) is 0 Å². The van der Waals surface area contributed by atoms with Gasteiger partial charge in [-0.3, -0.25) is 4.99 Å². The smallest absolute Gasteiger partial charge is 0.0590 e. The van der Waals surface area contributed by atoms with Crippen LogP contribution in [0.5, 0.6) is 0 Å². The molecule has 76 valence electrons. The van der Waals surface area contributed by atoms with Crippen LogP contribution in [0, 0.1) is 0 Å². The van der Waals surface area contributed by atoms with E-state index in [1.807, 2.05) is 6.21 Å². The van der Waals surface area contributed by atoms with E-state index in [0.717, 1.165) is 13.0 Å². The Morgan fingerprint density at radius 1 is 1.38 bits per heavy atom. The van der Waals surface area contributed by atoms with Gasteiger partial charge in [-0.15, -0.1) is 0 Å². The Bertz CT molecular complexity index is 177. The van der Waals surface area contributed by atoms with Gasteiger partial charge >= 0.3 is 0 Å². The van der Waals surface area contributed by atoms with E-state index in [1.165, 1.54) is 18.0 Å². The van der Waals surface area contributed by atoms with Crippen LogP contribution in [-0.4, -0.2) is 20.8 Å². The molecule has 0 aliphatic heterocycles. The molecule has 0 radical (unpaired) electrons. The molecular formula is C11H23NSi. The van der Waals surface area contributed by atoms with Gasteiger partial charge in [0.05, 0.1) is 6.54 Å². The summed E-state index contributed by atoms with van der Waals surface area (Å²) in [4.78, 5) is 4.34. The molecule has 2 heteroatoms. The van der Waals surface area contributed by atoms with Crippen molar-refractivity contribution in [3.63, 3.8) is 0 Å². The minimum Gasteiger partial charge on any atom is -0.293 e. The highest BCUT2D eigenvalue weighted by atomic mass is 28.3. The minimum atomic E-state index is -0.962. The molecule has 0 saturated heterocycles. The number of aliphatic imine (C=N–C) groups is 1. The van der Waals surface area contributed by atoms with Crippen molar-refractivity contribution in [2.75, 3.05) is 6.54 Å². The summed E-state index contributed by atoms with van der Waals surface area (Å²) in [5.41, 5.74) is 1.30. The number of unbranched alkanes of at least 4 members (excludes halogenated alkanes) is 1.